The van der Waals surface area contributed by atoms with E-state index in [0.717, 1.165) is 19.4 Å². The zero-order valence-corrected chi connectivity index (χ0v) is 8.69. The molecule has 0 aromatic rings. The number of hydrogen-bond acceptors (Lipinski definition) is 4. The quantitative estimate of drug-likeness (QED) is 0.691. The summed E-state index contributed by atoms with van der Waals surface area (Å²) in [6.07, 6.45) is 1.86. The third-order valence-corrected chi connectivity index (χ3v) is 4.98. The normalized spacial score (nSPS) is 30.9. The Morgan fingerprint density at radius 2 is 2.00 bits per heavy atom. The molecule has 0 aliphatic carbocycles. The molecule has 0 saturated carbocycles. The van der Waals surface area contributed by atoms with Gasteiger partial charge in [-0.1, -0.05) is 0 Å². The fourth-order valence-corrected chi connectivity index (χ4v) is 3.28. The average molecular weight is 193 g/mol. The van der Waals surface area contributed by atoms with Gasteiger partial charge in [0.05, 0.1) is 0 Å². The Kier molecular flexibility index (Phi) is 2.94. The van der Waals surface area contributed by atoms with Gasteiger partial charge in [0, 0.05) is 14.2 Å². The van der Waals surface area contributed by atoms with Crippen molar-refractivity contribution in [1.82, 2.24) is 5.32 Å². The molecule has 1 rings (SSSR count). The minimum Gasteiger partial charge on any atom is -0.311 e. The van der Waals surface area contributed by atoms with Gasteiger partial charge in [0.1, 0.15) is 5.28 Å². The molecule has 72 valence electrons. The van der Waals surface area contributed by atoms with Gasteiger partial charge in [-0.05, 0) is 26.3 Å². The highest BCUT2D eigenvalue weighted by Gasteiger charge is 2.47. The van der Waals surface area contributed by atoms with E-state index in [4.69, 9.17) is 9.05 Å². The van der Waals surface area contributed by atoms with Crippen LogP contribution in [-0.4, -0.2) is 26.0 Å². The van der Waals surface area contributed by atoms with Crippen LogP contribution in [0, 0.1) is 0 Å². The highest BCUT2D eigenvalue weighted by Crippen LogP contribution is 2.60. The summed E-state index contributed by atoms with van der Waals surface area (Å²) >= 11 is 0. The lowest BCUT2D eigenvalue weighted by atomic mass is 10.2. The minimum atomic E-state index is -2.95. The lowest BCUT2D eigenvalue weighted by Gasteiger charge is -2.30. The Labute approximate surface area is 73.2 Å². The van der Waals surface area contributed by atoms with Crippen LogP contribution in [-0.2, 0) is 13.6 Å². The Morgan fingerprint density at radius 1 is 1.42 bits per heavy atom. The first-order chi connectivity index (χ1) is 5.58. The first-order valence-electron chi connectivity index (χ1n) is 4.04. The first-order valence-corrected chi connectivity index (χ1v) is 5.59. The van der Waals surface area contributed by atoms with Crippen molar-refractivity contribution < 1.29 is 13.6 Å². The van der Waals surface area contributed by atoms with Crippen molar-refractivity contribution >= 4 is 7.60 Å². The second-order valence-corrected chi connectivity index (χ2v) is 5.88. The molecule has 1 aliphatic heterocycles. The lowest BCUT2D eigenvalue weighted by Crippen LogP contribution is -2.36. The van der Waals surface area contributed by atoms with Crippen molar-refractivity contribution in [3.8, 4) is 0 Å². The van der Waals surface area contributed by atoms with Crippen molar-refractivity contribution in [2.75, 3.05) is 20.8 Å². The van der Waals surface area contributed by atoms with Gasteiger partial charge in [-0.3, -0.25) is 4.57 Å². The molecule has 0 aromatic carbocycles. The summed E-state index contributed by atoms with van der Waals surface area (Å²) in [6.45, 7) is 2.76. The van der Waals surface area contributed by atoms with Gasteiger partial charge in [-0.2, -0.15) is 0 Å². The summed E-state index contributed by atoms with van der Waals surface area (Å²) < 4.78 is 21.9. The van der Waals surface area contributed by atoms with Crippen LogP contribution in [0.2, 0.25) is 0 Å². The summed E-state index contributed by atoms with van der Waals surface area (Å²) in [6, 6.07) is 0. The number of rotatable bonds is 3. The van der Waals surface area contributed by atoms with E-state index in [1.807, 2.05) is 6.92 Å². The van der Waals surface area contributed by atoms with Gasteiger partial charge in [-0.25, -0.2) is 0 Å². The lowest BCUT2D eigenvalue weighted by molar-refractivity contribution is 0.242. The largest absolute Gasteiger partial charge is 0.349 e. The molecule has 1 aliphatic rings. The van der Waals surface area contributed by atoms with Crippen LogP contribution in [0.15, 0.2) is 0 Å². The maximum absolute atomic E-state index is 12.0. The van der Waals surface area contributed by atoms with E-state index < -0.39 is 12.9 Å². The van der Waals surface area contributed by atoms with Crippen molar-refractivity contribution in [2.24, 2.45) is 0 Å². The molecule has 0 radical (unpaired) electrons. The predicted octanol–water partition coefficient (Wildman–Crippen LogP) is 1.57. The minimum absolute atomic E-state index is 0.490. The van der Waals surface area contributed by atoms with Gasteiger partial charge >= 0.3 is 7.60 Å². The third-order valence-electron chi connectivity index (χ3n) is 2.43. The maximum Gasteiger partial charge on any atom is 0.349 e. The Balaban J connectivity index is 2.83. The van der Waals surface area contributed by atoms with Gasteiger partial charge in [0.25, 0.3) is 0 Å². The van der Waals surface area contributed by atoms with Gasteiger partial charge in [0.2, 0.25) is 0 Å². The van der Waals surface area contributed by atoms with Crippen LogP contribution in [0.1, 0.15) is 19.8 Å². The van der Waals surface area contributed by atoms with E-state index >= 15 is 0 Å². The van der Waals surface area contributed by atoms with Crippen LogP contribution < -0.4 is 5.32 Å². The monoisotopic (exact) mass is 193 g/mol. The van der Waals surface area contributed by atoms with Crippen LogP contribution >= 0.6 is 7.60 Å². The standard InChI is InChI=1S/C7H16NO3P/c1-7(5-4-6-8-7)12(9,10-2)11-3/h8H,4-6H2,1-3H3. The first kappa shape index (κ1) is 10.2. The van der Waals surface area contributed by atoms with Crippen LogP contribution in [0.25, 0.3) is 0 Å². The number of nitrogens with one attached hydrogen (secondary N) is 1. The predicted molar refractivity (Wildman–Crippen MR) is 47.3 cm³/mol. The SMILES string of the molecule is COP(=O)(OC)C1(C)CCCN1. The van der Waals surface area contributed by atoms with Crippen molar-refractivity contribution in [3.63, 3.8) is 0 Å². The van der Waals surface area contributed by atoms with Crippen molar-refractivity contribution in [2.45, 2.75) is 25.0 Å². The second kappa shape index (κ2) is 3.46. The summed E-state index contributed by atoms with van der Waals surface area (Å²) in [5.74, 6) is 0. The van der Waals surface area contributed by atoms with Crippen molar-refractivity contribution in [3.05, 3.63) is 0 Å². The topological polar surface area (TPSA) is 47.6 Å². The van der Waals surface area contributed by atoms with Crippen LogP contribution in [0.5, 0.6) is 0 Å². The molecule has 1 N–H and O–H groups in total. The molecule has 0 bridgehead atoms. The number of hydrogen-bond donors (Lipinski definition) is 1. The van der Waals surface area contributed by atoms with E-state index in [1.54, 1.807) is 0 Å². The van der Waals surface area contributed by atoms with Crippen LogP contribution in [0.4, 0.5) is 0 Å². The third kappa shape index (κ3) is 1.44. The molecule has 12 heavy (non-hydrogen) atoms. The van der Waals surface area contributed by atoms with E-state index in [0.29, 0.717) is 0 Å². The highest BCUT2D eigenvalue weighted by atomic mass is 31.2. The van der Waals surface area contributed by atoms with Crippen molar-refractivity contribution in [1.29, 1.82) is 0 Å². The molecule has 1 unspecified atom stereocenters. The summed E-state index contributed by atoms with van der Waals surface area (Å²) in [5, 5.41) is 2.67. The summed E-state index contributed by atoms with van der Waals surface area (Å²) in [4.78, 5) is 0. The summed E-state index contributed by atoms with van der Waals surface area (Å²) in [7, 11) is -0.0995. The van der Waals surface area contributed by atoms with E-state index in [9.17, 15) is 4.57 Å². The maximum atomic E-state index is 12.0. The molecule has 1 atom stereocenters. The molecule has 5 heteroatoms. The molecule has 0 aromatic heterocycles. The van der Waals surface area contributed by atoms with Gasteiger partial charge < -0.3 is 14.4 Å². The van der Waals surface area contributed by atoms with E-state index in [-0.39, 0.29) is 0 Å². The Hall–Kier alpha value is 0.110. The Morgan fingerprint density at radius 3 is 2.33 bits per heavy atom. The molecule has 1 heterocycles. The van der Waals surface area contributed by atoms with E-state index in [1.165, 1.54) is 14.2 Å². The molecule has 1 saturated heterocycles. The van der Waals surface area contributed by atoms with E-state index in [2.05, 4.69) is 5.32 Å². The summed E-state index contributed by atoms with van der Waals surface area (Å²) in [5.41, 5.74) is 0. The second-order valence-electron chi connectivity index (χ2n) is 3.17. The zero-order chi connectivity index (χ0) is 9.24. The average Bonchev–Trinajstić information content (AvgIpc) is 2.52. The fraction of sp³-hybridized carbons (Fsp3) is 1.00. The molecular formula is C7H16NO3P. The molecular weight excluding hydrogens is 177 g/mol. The molecule has 4 nitrogen and oxygen atoms in total. The zero-order valence-electron chi connectivity index (χ0n) is 7.79. The molecule has 0 spiro atoms. The smallest absolute Gasteiger partial charge is 0.311 e. The van der Waals surface area contributed by atoms with Crippen LogP contribution in [0.3, 0.4) is 0 Å². The molecule has 0 amide bonds. The fourth-order valence-electron chi connectivity index (χ4n) is 1.59. The molecule has 1 fully saturated rings. The van der Waals surface area contributed by atoms with Gasteiger partial charge in [-0.15, -0.1) is 0 Å². The highest BCUT2D eigenvalue weighted by molar-refractivity contribution is 7.55. The Bertz CT molecular complexity index is 193. The van der Waals surface area contributed by atoms with Gasteiger partial charge in [0.15, 0.2) is 0 Å².